The summed E-state index contributed by atoms with van der Waals surface area (Å²) in [6.45, 7) is 1.89. The molecule has 0 heterocycles. The second kappa shape index (κ2) is 6.90. The fourth-order valence-electron chi connectivity index (χ4n) is 2.42. The number of rotatable bonds is 4. The normalized spacial score (nSPS) is 24.2. The highest BCUT2D eigenvalue weighted by Crippen LogP contribution is 2.24. The average Bonchev–Trinajstić information content (AvgIpc) is 2.34. The summed E-state index contributed by atoms with van der Waals surface area (Å²) >= 11 is 9.44. The zero-order chi connectivity index (χ0) is 13.0. The first kappa shape index (κ1) is 14.3. The molecule has 0 amide bonds. The van der Waals surface area contributed by atoms with Crippen molar-refractivity contribution in [3.8, 4) is 0 Å². The number of nitrogens with one attached hydrogen (secondary N) is 1. The number of hydrogen-bond acceptors (Lipinski definition) is 2. The Labute approximate surface area is 122 Å². The highest BCUT2D eigenvalue weighted by molar-refractivity contribution is 9.10. The summed E-state index contributed by atoms with van der Waals surface area (Å²) in [7, 11) is 0. The molecule has 100 valence electrons. The Morgan fingerprint density at radius 1 is 1.28 bits per heavy atom. The standard InChI is InChI=1S/C14H19BrClNO/c15-14-7-12(16)4-3-11(14)9-17-8-10-1-5-13(18)6-2-10/h3-4,7,10,13,17-18H,1-2,5-6,8-9H2. The van der Waals surface area contributed by atoms with Gasteiger partial charge in [0.05, 0.1) is 6.10 Å². The monoisotopic (exact) mass is 331 g/mol. The summed E-state index contributed by atoms with van der Waals surface area (Å²) in [6, 6.07) is 5.89. The van der Waals surface area contributed by atoms with Crippen LogP contribution in [0.25, 0.3) is 0 Å². The van der Waals surface area contributed by atoms with Gasteiger partial charge in [-0.15, -0.1) is 0 Å². The molecule has 0 aromatic heterocycles. The zero-order valence-electron chi connectivity index (χ0n) is 10.3. The van der Waals surface area contributed by atoms with Gasteiger partial charge in [-0.05, 0) is 55.8 Å². The van der Waals surface area contributed by atoms with Gasteiger partial charge in [0, 0.05) is 16.0 Å². The first-order chi connectivity index (χ1) is 8.65. The Balaban J connectivity index is 1.75. The summed E-state index contributed by atoms with van der Waals surface area (Å²) < 4.78 is 1.06. The second-order valence-corrected chi connectivity index (χ2v) is 6.33. The first-order valence-electron chi connectivity index (χ1n) is 6.48. The van der Waals surface area contributed by atoms with Crippen LogP contribution in [0.15, 0.2) is 22.7 Å². The summed E-state index contributed by atoms with van der Waals surface area (Å²) in [5.41, 5.74) is 1.23. The summed E-state index contributed by atoms with van der Waals surface area (Å²) in [5, 5.41) is 13.7. The fraction of sp³-hybridized carbons (Fsp3) is 0.571. The minimum Gasteiger partial charge on any atom is -0.393 e. The maximum Gasteiger partial charge on any atom is 0.0540 e. The third kappa shape index (κ3) is 4.23. The molecule has 4 heteroatoms. The van der Waals surface area contributed by atoms with E-state index < -0.39 is 0 Å². The van der Waals surface area contributed by atoms with Gasteiger partial charge in [0.15, 0.2) is 0 Å². The van der Waals surface area contributed by atoms with E-state index in [9.17, 15) is 5.11 Å². The van der Waals surface area contributed by atoms with E-state index in [1.165, 1.54) is 5.56 Å². The molecule has 0 radical (unpaired) electrons. The molecule has 0 bridgehead atoms. The summed E-state index contributed by atoms with van der Waals surface area (Å²) in [5.74, 6) is 0.708. The van der Waals surface area contributed by atoms with E-state index in [-0.39, 0.29) is 6.10 Å². The predicted molar refractivity (Wildman–Crippen MR) is 78.8 cm³/mol. The highest BCUT2D eigenvalue weighted by Gasteiger charge is 2.18. The van der Waals surface area contributed by atoms with Crippen molar-refractivity contribution in [2.45, 2.75) is 38.3 Å². The largest absolute Gasteiger partial charge is 0.393 e. The van der Waals surface area contributed by atoms with Gasteiger partial charge in [-0.2, -0.15) is 0 Å². The van der Waals surface area contributed by atoms with Crippen LogP contribution in [0.2, 0.25) is 5.02 Å². The van der Waals surface area contributed by atoms with Gasteiger partial charge in [-0.25, -0.2) is 0 Å². The highest BCUT2D eigenvalue weighted by atomic mass is 79.9. The topological polar surface area (TPSA) is 32.3 Å². The van der Waals surface area contributed by atoms with Gasteiger partial charge in [0.25, 0.3) is 0 Å². The van der Waals surface area contributed by atoms with Crippen LogP contribution in [0.3, 0.4) is 0 Å². The predicted octanol–water partition coefficient (Wildman–Crippen LogP) is 3.74. The molecule has 1 aliphatic rings. The molecular weight excluding hydrogens is 314 g/mol. The van der Waals surface area contributed by atoms with E-state index in [2.05, 4.69) is 21.2 Å². The molecule has 2 N–H and O–H groups in total. The minimum absolute atomic E-state index is 0.0633. The molecule has 1 fully saturated rings. The SMILES string of the molecule is OC1CCC(CNCc2ccc(Cl)cc2Br)CC1. The van der Waals surface area contributed by atoms with E-state index in [4.69, 9.17) is 11.6 Å². The second-order valence-electron chi connectivity index (χ2n) is 5.04. The van der Waals surface area contributed by atoms with Crippen LogP contribution in [0.5, 0.6) is 0 Å². The van der Waals surface area contributed by atoms with Crippen LogP contribution in [0.4, 0.5) is 0 Å². The van der Waals surface area contributed by atoms with Crippen molar-refractivity contribution in [2.24, 2.45) is 5.92 Å². The maximum atomic E-state index is 9.45. The van der Waals surface area contributed by atoms with E-state index >= 15 is 0 Å². The summed E-state index contributed by atoms with van der Waals surface area (Å²) in [6.07, 6.45) is 4.12. The van der Waals surface area contributed by atoms with E-state index in [0.717, 1.165) is 48.3 Å². The van der Waals surface area contributed by atoms with Crippen molar-refractivity contribution in [1.29, 1.82) is 0 Å². The molecule has 1 aromatic rings. The van der Waals surface area contributed by atoms with Gasteiger partial charge < -0.3 is 10.4 Å². The molecule has 1 saturated carbocycles. The van der Waals surface area contributed by atoms with Crippen molar-refractivity contribution < 1.29 is 5.11 Å². The van der Waals surface area contributed by atoms with Crippen molar-refractivity contribution in [3.05, 3.63) is 33.3 Å². The van der Waals surface area contributed by atoms with Gasteiger partial charge in [0.2, 0.25) is 0 Å². The Kier molecular flexibility index (Phi) is 5.49. The number of aliphatic hydroxyl groups excluding tert-OH is 1. The zero-order valence-corrected chi connectivity index (χ0v) is 12.7. The lowest BCUT2D eigenvalue weighted by atomic mass is 9.87. The lowest BCUT2D eigenvalue weighted by molar-refractivity contribution is 0.108. The molecule has 1 aromatic carbocycles. The Morgan fingerprint density at radius 2 is 2.00 bits per heavy atom. The molecule has 0 spiro atoms. The smallest absolute Gasteiger partial charge is 0.0540 e. The molecule has 2 nitrogen and oxygen atoms in total. The summed E-state index contributed by atoms with van der Waals surface area (Å²) in [4.78, 5) is 0. The van der Waals surface area contributed by atoms with Crippen LogP contribution in [-0.4, -0.2) is 17.8 Å². The lowest BCUT2D eigenvalue weighted by Gasteiger charge is -2.25. The van der Waals surface area contributed by atoms with E-state index in [1.807, 2.05) is 18.2 Å². The molecule has 0 atom stereocenters. The average molecular weight is 333 g/mol. The van der Waals surface area contributed by atoms with E-state index in [1.54, 1.807) is 0 Å². The number of benzene rings is 1. The van der Waals surface area contributed by atoms with Crippen LogP contribution >= 0.6 is 27.5 Å². The Hall–Kier alpha value is -0.0900. The van der Waals surface area contributed by atoms with Crippen LogP contribution < -0.4 is 5.32 Å². The van der Waals surface area contributed by atoms with E-state index in [0.29, 0.717) is 5.92 Å². The Bertz CT molecular complexity index is 391. The number of aliphatic hydroxyl groups is 1. The van der Waals surface area contributed by atoms with Crippen molar-refractivity contribution >= 4 is 27.5 Å². The number of hydrogen-bond donors (Lipinski definition) is 2. The third-order valence-corrected chi connectivity index (χ3v) is 4.55. The number of halogens is 2. The fourth-order valence-corrected chi connectivity index (χ4v) is 3.25. The molecule has 2 rings (SSSR count). The molecule has 18 heavy (non-hydrogen) atoms. The molecular formula is C14H19BrClNO. The van der Waals surface area contributed by atoms with Crippen molar-refractivity contribution in [1.82, 2.24) is 5.32 Å². The third-order valence-electron chi connectivity index (χ3n) is 3.58. The van der Waals surface area contributed by atoms with Gasteiger partial charge in [0.1, 0.15) is 0 Å². The first-order valence-corrected chi connectivity index (χ1v) is 7.65. The van der Waals surface area contributed by atoms with Crippen LogP contribution in [0.1, 0.15) is 31.2 Å². The van der Waals surface area contributed by atoms with Gasteiger partial charge >= 0.3 is 0 Å². The van der Waals surface area contributed by atoms with Crippen molar-refractivity contribution in [2.75, 3.05) is 6.54 Å². The van der Waals surface area contributed by atoms with Gasteiger partial charge in [-0.3, -0.25) is 0 Å². The van der Waals surface area contributed by atoms with Crippen molar-refractivity contribution in [3.63, 3.8) is 0 Å². The lowest BCUT2D eigenvalue weighted by Crippen LogP contribution is -2.27. The Morgan fingerprint density at radius 3 is 2.67 bits per heavy atom. The van der Waals surface area contributed by atoms with Crippen LogP contribution in [0, 0.1) is 5.92 Å². The van der Waals surface area contributed by atoms with Gasteiger partial charge in [-0.1, -0.05) is 33.6 Å². The molecule has 1 aliphatic carbocycles. The quantitative estimate of drug-likeness (QED) is 0.880. The molecule has 0 unspecified atom stereocenters. The van der Waals surface area contributed by atoms with Crippen LogP contribution in [-0.2, 0) is 6.54 Å². The molecule has 0 aliphatic heterocycles. The molecule has 0 saturated heterocycles. The maximum absolute atomic E-state index is 9.45. The minimum atomic E-state index is -0.0633.